The quantitative estimate of drug-likeness (QED) is 0.608. The van der Waals surface area contributed by atoms with E-state index >= 15 is 0 Å². The maximum Gasteiger partial charge on any atom is 0.289 e. The minimum Gasteiger partial charge on any atom is -0.497 e. The highest BCUT2D eigenvalue weighted by molar-refractivity contribution is 5.91. The number of methoxy groups -OCH3 is 1. The number of ether oxygens (including phenoxy) is 1. The number of piperazine rings is 1. The lowest BCUT2D eigenvalue weighted by atomic mass is 10.0. The predicted octanol–water partition coefficient (Wildman–Crippen LogP) is 3.50. The van der Waals surface area contributed by atoms with Crippen molar-refractivity contribution < 1.29 is 13.9 Å². The van der Waals surface area contributed by atoms with Crippen LogP contribution in [0.3, 0.4) is 0 Å². The number of rotatable bonds is 6. The summed E-state index contributed by atoms with van der Waals surface area (Å²) in [5, 5.41) is 0. The van der Waals surface area contributed by atoms with Gasteiger partial charge in [-0.15, -0.1) is 0 Å². The number of nitrogens with zero attached hydrogens (tertiary/aromatic N) is 4. The third-order valence-corrected chi connectivity index (χ3v) is 5.63. The van der Waals surface area contributed by atoms with E-state index in [9.17, 15) is 4.79 Å². The molecule has 1 fully saturated rings. The van der Waals surface area contributed by atoms with Crippen LogP contribution >= 0.6 is 0 Å². The van der Waals surface area contributed by atoms with Gasteiger partial charge in [0.05, 0.1) is 13.4 Å². The maximum atomic E-state index is 12.6. The van der Waals surface area contributed by atoms with E-state index in [1.807, 2.05) is 24.0 Å². The Morgan fingerprint density at radius 2 is 1.94 bits per heavy atom. The molecule has 0 aliphatic carbocycles. The minimum atomic E-state index is -0.0608. The summed E-state index contributed by atoms with van der Waals surface area (Å²) in [4.78, 5) is 26.3. The maximum absolute atomic E-state index is 12.6. The molecule has 7 nitrogen and oxygen atoms in total. The van der Waals surface area contributed by atoms with Gasteiger partial charge in [-0.05, 0) is 43.2 Å². The molecule has 7 heteroatoms. The summed E-state index contributed by atoms with van der Waals surface area (Å²) in [6, 6.07) is 11.6. The molecule has 0 atom stereocenters. The summed E-state index contributed by atoms with van der Waals surface area (Å²) in [6.07, 6.45) is 3.11. The third-order valence-electron chi connectivity index (χ3n) is 5.63. The highest BCUT2D eigenvalue weighted by atomic mass is 16.5. The summed E-state index contributed by atoms with van der Waals surface area (Å²) in [7, 11) is 1.68. The summed E-state index contributed by atoms with van der Waals surface area (Å²) in [5.41, 5.74) is 3.38. The monoisotopic (exact) mass is 420 g/mol. The number of carbonyl (C=O) groups excluding carboxylic acids is 1. The second-order valence-corrected chi connectivity index (χ2v) is 7.66. The zero-order valence-corrected chi connectivity index (χ0v) is 18.3. The Balaban J connectivity index is 1.58. The molecule has 1 aliphatic rings. The summed E-state index contributed by atoms with van der Waals surface area (Å²) in [6.45, 7) is 6.76. The van der Waals surface area contributed by atoms with Crippen LogP contribution in [0.15, 0.2) is 47.1 Å². The van der Waals surface area contributed by atoms with Crippen molar-refractivity contribution in [1.29, 1.82) is 0 Å². The van der Waals surface area contributed by atoms with Gasteiger partial charge in [0.25, 0.3) is 5.91 Å². The Labute approximate surface area is 182 Å². The number of amides is 1. The van der Waals surface area contributed by atoms with Gasteiger partial charge in [0, 0.05) is 43.9 Å². The lowest BCUT2D eigenvalue weighted by Crippen LogP contribution is -2.49. The number of aryl methyl sites for hydroxylation is 2. The Hall–Kier alpha value is -3.35. The summed E-state index contributed by atoms with van der Waals surface area (Å²) in [5.74, 6) is 2.91. The van der Waals surface area contributed by atoms with Crippen LogP contribution in [0, 0.1) is 6.92 Å². The van der Waals surface area contributed by atoms with E-state index in [2.05, 4.69) is 24.0 Å². The van der Waals surface area contributed by atoms with E-state index in [0.717, 1.165) is 60.1 Å². The summed E-state index contributed by atoms with van der Waals surface area (Å²) < 4.78 is 10.7. The van der Waals surface area contributed by atoms with Gasteiger partial charge in [-0.1, -0.05) is 19.1 Å². The van der Waals surface area contributed by atoms with Crippen LogP contribution in [0.2, 0.25) is 0 Å². The number of hydrogen-bond acceptors (Lipinski definition) is 6. The lowest BCUT2D eigenvalue weighted by molar-refractivity contribution is 0.0714. The molecule has 162 valence electrons. The van der Waals surface area contributed by atoms with E-state index in [1.165, 1.54) is 6.26 Å². The van der Waals surface area contributed by atoms with Crippen molar-refractivity contribution >= 4 is 11.7 Å². The topological polar surface area (TPSA) is 71.7 Å². The molecular weight excluding hydrogens is 392 g/mol. The molecule has 3 aromatic rings. The minimum absolute atomic E-state index is 0.0608. The number of aromatic nitrogens is 2. The fraction of sp³-hybridized carbons (Fsp3) is 0.375. The van der Waals surface area contributed by atoms with Gasteiger partial charge >= 0.3 is 0 Å². The van der Waals surface area contributed by atoms with Gasteiger partial charge in [-0.2, -0.15) is 0 Å². The highest BCUT2D eigenvalue weighted by Crippen LogP contribution is 2.27. The first-order valence-electron chi connectivity index (χ1n) is 10.7. The van der Waals surface area contributed by atoms with E-state index < -0.39 is 0 Å². The predicted molar refractivity (Wildman–Crippen MR) is 119 cm³/mol. The first kappa shape index (κ1) is 20.9. The number of furan rings is 1. The van der Waals surface area contributed by atoms with Crippen LogP contribution < -0.4 is 9.64 Å². The standard InChI is InChI=1S/C24H28N4O3/c1-4-21-20(16-18-7-5-8-19(15-18)30-3)23(26-17(2)25-21)27-10-12-28(13-11-27)24(29)22-9-6-14-31-22/h5-9,14-15H,4,10-13,16H2,1-3H3. The molecule has 2 aromatic heterocycles. The van der Waals surface area contributed by atoms with Gasteiger partial charge in [-0.3, -0.25) is 4.79 Å². The fourth-order valence-corrected chi connectivity index (χ4v) is 4.04. The van der Waals surface area contributed by atoms with Crippen LogP contribution in [-0.2, 0) is 12.8 Å². The van der Waals surface area contributed by atoms with Crippen LogP contribution in [0.5, 0.6) is 5.75 Å². The zero-order valence-electron chi connectivity index (χ0n) is 18.3. The Morgan fingerprint density at radius 1 is 1.13 bits per heavy atom. The van der Waals surface area contributed by atoms with Crippen LogP contribution in [0.4, 0.5) is 5.82 Å². The van der Waals surface area contributed by atoms with Crippen molar-refractivity contribution in [3.63, 3.8) is 0 Å². The number of carbonyl (C=O) groups is 1. The molecule has 0 bridgehead atoms. The number of anilines is 1. The van der Waals surface area contributed by atoms with Crippen molar-refractivity contribution in [2.45, 2.75) is 26.7 Å². The normalized spacial score (nSPS) is 14.0. The molecule has 0 radical (unpaired) electrons. The van der Waals surface area contributed by atoms with Crippen molar-refractivity contribution in [1.82, 2.24) is 14.9 Å². The van der Waals surface area contributed by atoms with Crippen LogP contribution in [0.25, 0.3) is 0 Å². The van der Waals surface area contributed by atoms with Crippen LogP contribution in [-0.4, -0.2) is 54.1 Å². The molecule has 1 saturated heterocycles. The fourth-order valence-electron chi connectivity index (χ4n) is 4.04. The van der Waals surface area contributed by atoms with Gasteiger partial charge in [0.15, 0.2) is 5.76 Å². The smallest absolute Gasteiger partial charge is 0.289 e. The van der Waals surface area contributed by atoms with E-state index in [4.69, 9.17) is 19.1 Å². The Bertz CT molecular complexity index is 1040. The molecule has 3 heterocycles. The Morgan fingerprint density at radius 3 is 2.61 bits per heavy atom. The molecule has 1 aromatic carbocycles. The average Bonchev–Trinajstić information content (AvgIpc) is 3.34. The molecular formula is C24H28N4O3. The highest BCUT2D eigenvalue weighted by Gasteiger charge is 2.26. The zero-order chi connectivity index (χ0) is 21.8. The number of hydrogen-bond donors (Lipinski definition) is 0. The molecule has 0 saturated carbocycles. The Kier molecular flexibility index (Phi) is 6.21. The van der Waals surface area contributed by atoms with Gasteiger partial charge < -0.3 is 19.0 Å². The van der Waals surface area contributed by atoms with Gasteiger partial charge in [0.1, 0.15) is 17.4 Å². The van der Waals surface area contributed by atoms with Crippen molar-refractivity contribution in [3.8, 4) is 5.75 Å². The number of benzene rings is 1. The van der Waals surface area contributed by atoms with Crippen molar-refractivity contribution in [2.24, 2.45) is 0 Å². The largest absolute Gasteiger partial charge is 0.497 e. The van der Waals surface area contributed by atoms with Gasteiger partial charge in [0.2, 0.25) is 0 Å². The SMILES string of the molecule is CCc1nc(C)nc(N2CCN(C(=O)c3ccco3)CC2)c1Cc1cccc(OC)c1. The van der Waals surface area contributed by atoms with Crippen molar-refractivity contribution in [3.05, 3.63) is 71.1 Å². The molecule has 31 heavy (non-hydrogen) atoms. The molecule has 1 amide bonds. The first-order chi connectivity index (χ1) is 15.1. The first-order valence-corrected chi connectivity index (χ1v) is 10.7. The second-order valence-electron chi connectivity index (χ2n) is 7.66. The van der Waals surface area contributed by atoms with Crippen LogP contribution in [0.1, 0.15) is 40.1 Å². The lowest BCUT2D eigenvalue weighted by Gasteiger charge is -2.36. The molecule has 0 N–H and O–H groups in total. The average molecular weight is 421 g/mol. The van der Waals surface area contributed by atoms with Gasteiger partial charge in [-0.25, -0.2) is 9.97 Å². The van der Waals surface area contributed by atoms with E-state index in [1.54, 1.807) is 19.2 Å². The molecule has 0 unspecified atom stereocenters. The molecule has 4 rings (SSSR count). The van der Waals surface area contributed by atoms with E-state index in [-0.39, 0.29) is 5.91 Å². The molecule has 1 aliphatic heterocycles. The molecule has 0 spiro atoms. The second kappa shape index (κ2) is 9.20. The van der Waals surface area contributed by atoms with Crippen molar-refractivity contribution in [2.75, 3.05) is 38.2 Å². The summed E-state index contributed by atoms with van der Waals surface area (Å²) >= 11 is 0. The third kappa shape index (κ3) is 4.55. The van der Waals surface area contributed by atoms with E-state index in [0.29, 0.717) is 18.8 Å².